The van der Waals surface area contributed by atoms with Crippen LogP contribution in [-0.2, 0) is 9.53 Å². The number of carbonyl (C=O) groups is 1. The van der Waals surface area contributed by atoms with Gasteiger partial charge in [-0.15, -0.1) is 0 Å². The van der Waals surface area contributed by atoms with E-state index in [2.05, 4.69) is 5.32 Å². The number of rotatable bonds is 5. The van der Waals surface area contributed by atoms with Crippen molar-refractivity contribution in [1.29, 1.82) is 0 Å². The maximum absolute atomic E-state index is 11.3. The van der Waals surface area contributed by atoms with Gasteiger partial charge in [-0.1, -0.05) is 30.3 Å². The number of ether oxygens (including phenoxy) is 1. The SMILES string of the molecule is CC1OCCC1CNC(C(=O)O)c1ccccc1. The highest BCUT2D eigenvalue weighted by molar-refractivity contribution is 5.75. The summed E-state index contributed by atoms with van der Waals surface area (Å²) in [5.74, 6) is -0.441. The van der Waals surface area contributed by atoms with Crippen LogP contribution in [0.2, 0.25) is 0 Å². The maximum Gasteiger partial charge on any atom is 0.325 e. The zero-order chi connectivity index (χ0) is 13.0. The summed E-state index contributed by atoms with van der Waals surface area (Å²) in [5.41, 5.74) is 0.788. The van der Waals surface area contributed by atoms with Crippen molar-refractivity contribution in [3.63, 3.8) is 0 Å². The van der Waals surface area contributed by atoms with Crippen LogP contribution < -0.4 is 5.32 Å². The van der Waals surface area contributed by atoms with Crippen LogP contribution in [0.25, 0.3) is 0 Å². The lowest BCUT2D eigenvalue weighted by Gasteiger charge is -2.19. The zero-order valence-electron chi connectivity index (χ0n) is 10.5. The molecule has 0 aliphatic carbocycles. The number of hydrogen-bond acceptors (Lipinski definition) is 3. The molecule has 1 aromatic rings. The van der Waals surface area contributed by atoms with Gasteiger partial charge in [-0.25, -0.2) is 0 Å². The predicted octanol–water partition coefficient (Wildman–Crippen LogP) is 1.83. The fourth-order valence-corrected chi connectivity index (χ4v) is 2.31. The summed E-state index contributed by atoms with van der Waals surface area (Å²) < 4.78 is 5.48. The molecule has 4 nitrogen and oxygen atoms in total. The molecule has 1 aliphatic heterocycles. The third-order valence-corrected chi connectivity index (χ3v) is 3.50. The van der Waals surface area contributed by atoms with Gasteiger partial charge < -0.3 is 15.2 Å². The average Bonchev–Trinajstić information content (AvgIpc) is 2.76. The van der Waals surface area contributed by atoms with Gasteiger partial charge in [-0.3, -0.25) is 4.79 Å². The Morgan fingerprint density at radius 2 is 2.22 bits per heavy atom. The minimum Gasteiger partial charge on any atom is -0.480 e. The Balaban J connectivity index is 1.97. The first-order valence-electron chi connectivity index (χ1n) is 6.31. The van der Waals surface area contributed by atoms with Crippen LogP contribution in [0.3, 0.4) is 0 Å². The lowest BCUT2D eigenvalue weighted by molar-refractivity contribution is -0.139. The molecule has 3 unspecified atom stereocenters. The van der Waals surface area contributed by atoms with Crippen molar-refractivity contribution in [2.24, 2.45) is 5.92 Å². The van der Waals surface area contributed by atoms with E-state index < -0.39 is 12.0 Å². The Hall–Kier alpha value is -1.39. The van der Waals surface area contributed by atoms with Crippen LogP contribution in [0, 0.1) is 5.92 Å². The summed E-state index contributed by atoms with van der Waals surface area (Å²) >= 11 is 0. The van der Waals surface area contributed by atoms with Crippen molar-refractivity contribution in [2.45, 2.75) is 25.5 Å². The first-order valence-corrected chi connectivity index (χ1v) is 6.31. The Morgan fingerprint density at radius 1 is 1.50 bits per heavy atom. The van der Waals surface area contributed by atoms with Crippen LogP contribution in [0.4, 0.5) is 0 Å². The van der Waals surface area contributed by atoms with E-state index in [1.54, 1.807) is 0 Å². The molecule has 1 heterocycles. The molecule has 0 spiro atoms. The van der Waals surface area contributed by atoms with Gasteiger partial charge in [-0.2, -0.15) is 0 Å². The number of carboxylic acids is 1. The zero-order valence-corrected chi connectivity index (χ0v) is 10.5. The highest BCUT2D eigenvalue weighted by Gasteiger charge is 2.26. The topological polar surface area (TPSA) is 58.6 Å². The quantitative estimate of drug-likeness (QED) is 0.835. The first kappa shape index (κ1) is 13.1. The summed E-state index contributed by atoms with van der Waals surface area (Å²) in [6.45, 7) is 3.49. The number of hydrogen-bond donors (Lipinski definition) is 2. The molecule has 0 amide bonds. The van der Waals surface area contributed by atoms with Crippen molar-refractivity contribution in [3.05, 3.63) is 35.9 Å². The van der Waals surface area contributed by atoms with Crippen molar-refractivity contribution in [1.82, 2.24) is 5.32 Å². The second-order valence-electron chi connectivity index (χ2n) is 4.71. The highest BCUT2D eigenvalue weighted by atomic mass is 16.5. The number of benzene rings is 1. The lowest BCUT2D eigenvalue weighted by atomic mass is 10.0. The Kier molecular flexibility index (Phi) is 4.33. The molecular weight excluding hydrogens is 230 g/mol. The second-order valence-corrected chi connectivity index (χ2v) is 4.71. The first-order chi connectivity index (χ1) is 8.68. The minimum absolute atomic E-state index is 0.211. The Morgan fingerprint density at radius 3 is 2.78 bits per heavy atom. The molecule has 1 aromatic carbocycles. The highest BCUT2D eigenvalue weighted by Crippen LogP contribution is 2.21. The fraction of sp³-hybridized carbons (Fsp3) is 0.500. The largest absolute Gasteiger partial charge is 0.480 e. The minimum atomic E-state index is -0.840. The molecule has 0 bridgehead atoms. The van der Waals surface area contributed by atoms with Gasteiger partial charge in [0.2, 0.25) is 0 Å². The van der Waals surface area contributed by atoms with Gasteiger partial charge in [-0.05, 0) is 24.8 Å². The molecule has 0 radical (unpaired) electrons. The Bertz CT molecular complexity index is 393. The average molecular weight is 249 g/mol. The molecule has 18 heavy (non-hydrogen) atoms. The molecule has 1 aliphatic rings. The van der Waals surface area contributed by atoms with E-state index in [-0.39, 0.29) is 6.10 Å². The molecule has 0 aromatic heterocycles. The number of nitrogens with one attached hydrogen (secondary N) is 1. The van der Waals surface area contributed by atoms with Gasteiger partial charge in [0.05, 0.1) is 6.10 Å². The molecule has 98 valence electrons. The van der Waals surface area contributed by atoms with Gasteiger partial charge in [0.25, 0.3) is 0 Å². The van der Waals surface area contributed by atoms with Gasteiger partial charge in [0, 0.05) is 13.2 Å². The normalized spacial score (nSPS) is 24.9. The molecule has 4 heteroatoms. The standard InChI is InChI=1S/C14H19NO3/c1-10-12(7-8-18-10)9-15-13(14(16)17)11-5-3-2-4-6-11/h2-6,10,12-13,15H,7-9H2,1H3,(H,16,17). The fourth-order valence-electron chi connectivity index (χ4n) is 2.31. The molecule has 3 atom stereocenters. The number of carboxylic acid groups (broad SMARTS) is 1. The van der Waals surface area contributed by atoms with Crippen molar-refractivity contribution in [2.75, 3.05) is 13.2 Å². The van der Waals surface area contributed by atoms with Crippen molar-refractivity contribution >= 4 is 5.97 Å². The second kappa shape index (κ2) is 5.98. The maximum atomic E-state index is 11.3. The third-order valence-electron chi connectivity index (χ3n) is 3.50. The summed E-state index contributed by atoms with van der Waals surface area (Å²) in [6, 6.07) is 8.62. The molecule has 2 rings (SSSR count). The summed E-state index contributed by atoms with van der Waals surface area (Å²) in [7, 11) is 0. The van der Waals surface area contributed by atoms with Crippen molar-refractivity contribution in [3.8, 4) is 0 Å². The summed E-state index contributed by atoms with van der Waals surface area (Å²) in [4.78, 5) is 11.3. The molecule has 1 fully saturated rings. The third kappa shape index (κ3) is 3.09. The lowest BCUT2D eigenvalue weighted by Crippen LogP contribution is -2.34. The van der Waals surface area contributed by atoms with E-state index in [1.165, 1.54) is 0 Å². The van der Waals surface area contributed by atoms with Crippen LogP contribution in [-0.4, -0.2) is 30.3 Å². The van der Waals surface area contributed by atoms with Crippen LogP contribution >= 0.6 is 0 Å². The molecule has 2 N–H and O–H groups in total. The van der Waals surface area contributed by atoms with Gasteiger partial charge >= 0.3 is 5.97 Å². The Labute approximate surface area is 107 Å². The summed E-state index contributed by atoms with van der Waals surface area (Å²) in [6.07, 6.45) is 1.21. The van der Waals surface area contributed by atoms with Crippen LogP contribution in [0.15, 0.2) is 30.3 Å². The van der Waals surface area contributed by atoms with E-state index in [4.69, 9.17) is 4.74 Å². The van der Waals surface area contributed by atoms with E-state index in [0.29, 0.717) is 12.5 Å². The monoisotopic (exact) mass is 249 g/mol. The molecule has 1 saturated heterocycles. The smallest absolute Gasteiger partial charge is 0.325 e. The van der Waals surface area contributed by atoms with Gasteiger partial charge in [0.1, 0.15) is 6.04 Å². The van der Waals surface area contributed by atoms with Crippen molar-refractivity contribution < 1.29 is 14.6 Å². The van der Waals surface area contributed by atoms with E-state index in [0.717, 1.165) is 18.6 Å². The summed E-state index contributed by atoms with van der Waals surface area (Å²) in [5, 5.41) is 12.4. The van der Waals surface area contributed by atoms with E-state index in [9.17, 15) is 9.90 Å². The molecular formula is C14H19NO3. The van der Waals surface area contributed by atoms with Crippen LogP contribution in [0.1, 0.15) is 24.9 Å². The van der Waals surface area contributed by atoms with Crippen LogP contribution in [0.5, 0.6) is 0 Å². The van der Waals surface area contributed by atoms with E-state index in [1.807, 2.05) is 37.3 Å². The number of aliphatic carboxylic acids is 1. The molecule has 0 saturated carbocycles. The van der Waals surface area contributed by atoms with Gasteiger partial charge in [0.15, 0.2) is 0 Å². The van der Waals surface area contributed by atoms with E-state index >= 15 is 0 Å². The predicted molar refractivity (Wildman–Crippen MR) is 68.3 cm³/mol.